The van der Waals surface area contributed by atoms with Crippen LogP contribution in [0.15, 0.2) is 83.9 Å². The Balaban J connectivity index is 1.41. The molecule has 0 bridgehead atoms. The molecule has 0 aliphatic rings. The number of hydrogen-bond donors (Lipinski definition) is 2. The van der Waals surface area contributed by atoms with Crippen molar-refractivity contribution in [3.8, 4) is 28.5 Å². The maximum absolute atomic E-state index is 13.4. The van der Waals surface area contributed by atoms with E-state index < -0.39 is 17.6 Å². The summed E-state index contributed by atoms with van der Waals surface area (Å²) in [7, 11) is 3.16. The summed E-state index contributed by atoms with van der Waals surface area (Å²) in [5.41, 5.74) is 1.31. The molecule has 39 heavy (non-hydrogen) atoms. The SMILES string of the molecule is COc1ccc2c(Oc3ccc(NC(=O)c4c(-c5ccccc5)n(C[C@@H](C)O)n(C)c4=O)nc3)ccnc2c1. The lowest BCUT2D eigenvalue weighted by Crippen LogP contribution is -2.26. The number of carbonyl (C=O) groups excluding carboxylic acids is 1. The van der Waals surface area contributed by atoms with Gasteiger partial charge in [-0.25, -0.2) is 4.98 Å². The number of aliphatic hydroxyl groups is 1. The van der Waals surface area contributed by atoms with Gasteiger partial charge in [-0.3, -0.25) is 23.9 Å². The molecule has 5 rings (SSSR count). The van der Waals surface area contributed by atoms with E-state index in [1.54, 1.807) is 50.2 Å². The van der Waals surface area contributed by atoms with Crippen molar-refractivity contribution in [2.45, 2.75) is 19.6 Å². The predicted molar refractivity (Wildman–Crippen MR) is 147 cm³/mol. The molecule has 10 heteroatoms. The average Bonchev–Trinajstić information content (AvgIpc) is 3.19. The summed E-state index contributed by atoms with van der Waals surface area (Å²) < 4.78 is 14.2. The first-order valence-corrected chi connectivity index (χ1v) is 12.3. The van der Waals surface area contributed by atoms with Gasteiger partial charge in [-0.1, -0.05) is 30.3 Å². The Morgan fingerprint density at radius 2 is 1.82 bits per heavy atom. The van der Waals surface area contributed by atoms with Gasteiger partial charge in [-0.05, 0) is 37.3 Å². The zero-order valence-electron chi connectivity index (χ0n) is 21.7. The molecular formula is C29H27N5O5. The standard InChI is InChI=1S/C29H27N5O5/c1-18(35)17-34-27(19-7-5-4-6-8-19)26(29(37)33(34)2)28(36)32-25-12-10-21(16-31-25)39-24-13-14-30-23-15-20(38-3)9-11-22(23)24/h4-16,18,35H,17H2,1-3H3,(H,31,32,36)/t18-/m1/s1. The average molecular weight is 526 g/mol. The van der Waals surface area contributed by atoms with E-state index in [4.69, 9.17) is 9.47 Å². The lowest BCUT2D eigenvalue weighted by Gasteiger charge is -2.14. The molecule has 0 fully saturated rings. The van der Waals surface area contributed by atoms with Gasteiger partial charge in [0.1, 0.15) is 28.6 Å². The van der Waals surface area contributed by atoms with Crippen molar-refractivity contribution in [2.75, 3.05) is 12.4 Å². The highest BCUT2D eigenvalue weighted by molar-refractivity contribution is 6.07. The topological polar surface area (TPSA) is 120 Å². The number of pyridine rings is 2. The Hall–Kier alpha value is -4.96. The monoisotopic (exact) mass is 525 g/mol. The Bertz CT molecular complexity index is 1690. The summed E-state index contributed by atoms with van der Waals surface area (Å²) in [5, 5.41) is 13.5. The van der Waals surface area contributed by atoms with E-state index in [0.29, 0.717) is 28.5 Å². The molecule has 5 aromatic rings. The number of benzene rings is 2. The number of methoxy groups -OCH3 is 1. The first kappa shape index (κ1) is 25.7. The summed E-state index contributed by atoms with van der Waals surface area (Å²) in [6.45, 7) is 1.77. The van der Waals surface area contributed by atoms with Crippen LogP contribution in [0.2, 0.25) is 0 Å². The second kappa shape index (κ2) is 10.8. The number of hydrogen-bond acceptors (Lipinski definition) is 7. The van der Waals surface area contributed by atoms with E-state index in [2.05, 4.69) is 15.3 Å². The van der Waals surface area contributed by atoms with Crippen LogP contribution in [0.1, 0.15) is 17.3 Å². The van der Waals surface area contributed by atoms with Crippen LogP contribution in [-0.4, -0.2) is 43.6 Å². The fraction of sp³-hybridized carbons (Fsp3) is 0.172. The molecule has 1 atom stereocenters. The molecule has 0 spiro atoms. The van der Waals surface area contributed by atoms with Crippen LogP contribution >= 0.6 is 0 Å². The zero-order valence-corrected chi connectivity index (χ0v) is 21.7. The van der Waals surface area contributed by atoms with Crippen molar-refractivity contribution >= 4 is 22.6 Å². The molecule has 3 aromatic heterocycles. The van der Waals surface area contributed by atoms with E-state index in [9.17, 15) is 14.7 Å². The summed E-state index contributed by atoms with van der Waals surface area (Å²) in [4.78, 5) is 35.2. The number of aromatic nitrogens is 4. The summed E-state index contributed by atoms with van der Waals surface area (Å²) in [5.74, 6) is 1.40. The second-order valence-electron chi connectivity index (χ2n) is 8.98. The molecule has 10 nitrogen and oxygen atoms in total. The Labute approximate surface area is 224 Å². The fourth-order valence-corrected chi connectivity index (χ4v) is 4.35. The highest BCUT2D eigenvalue weighted by Gasteiger charge is 2.26. The molecule has 0 radical (unpaired) electrons. The van der Waals surface area contributed by atoms with Gasteiger partial charge >= 0.3 is 0 Å². The number of ether oxygens (including phenoxy) is 2. The van der Waals surface area contributed by atoms with Gasteiger partial charge in [-0.15, -0.1) is 0 Å². The van der Waals surface area contributed by atoms with Gasteiger partial charge in [0, 0.05) is 30.3 Å². The molecule has 198 valence electrons. The van der Waals surface area contributed by atoms with Gasteiger partial charge in [0.2, 0.25) is 0 Å². The molecule has 2 N–H and O–H groups in total. The van der Waals surface area contributed by atoms with Crippen LogP contribution in [0.3, 0.4) is 0 Å². The van der Waals surface area contributed by atoms with Crippen molar-refractivity contribution in [1.29, 1.82) is 0 Å². The van der Waals surface area contributed by atoms with Crippen molar-refractivity contribution in [3.63, 3.8) is 0 Å². The molecule has 0 aliphatic carbocycles. The number of amides is 1. The minimum Gasteiger partial charge on any atom is -0.497 e. The number of aliphatic hydroxyl groups excluding tert-OH is 1. The Morgan fingerprint density at radius 3 is 2.51 bits per heavy atom. The van der Waals surface area contributed by atoms with Crippen molar-refractivity contribution in [3.05, 3.63) is 95.0 Å². The van der Waals surface area contributed by atoms with Gasteiger partial charge < -0.3 is 19.9 Å². The third kappa shape index (κ3) is 5.23. The minimum absolute atomic E-state index is 0.0369. The number of fused-ring (bicyclic) bond motifs is 1. The largest absolute Gasteiger partial charge is 0.497 e. The van der Waals surface area contributed by atoms with E-state index in [0.717, 1.165) is 10.9 Å². The number of nitrogens with zero attached hydrogens (tertiary/aromatic N) is 4. The van der Waals surface area contributed by atoms with Crippen LogP contribution in [0.4, 0.5) is 5.82 Å². The fourth-order valence-electron chi connectivity index (χ4n) is 4.35. The lowest BCUT2D eigenvalue weighted by atomic mass is 10.1. The third-order valence-electron chi connectivity index (χ3n) is 6.19. The van der Waals surface area contributed by atoms with Crippen LogP contribution in [0, 0.1) is 0 Å². The molecular weight excluding hydrogens is 498 g/mol. The second-order valence-corrected chi connectivity index (χ2v) is 8.98. The van der Waals surface area contributed by atoms with Crippen LogP contribution in [0.5, 0.6) is 17.2 Å². The maximum Gasteiger partial charge on any atom is 0.279 e. The van der Waals surface area contributed by atoms with E-state index >= 15 is 0 Å². The molecule has 0 saturated carbocycles. The highest BCUT2D eigenvalue weighted by Crippen LogP contribution is 2.31. The lowest BCUT2D eigenvalue weighted by molar-refractivity contribution is 0.102. The zero-order chi connectivity index (χ0) is 27.5. The smallest absolute Gasteiger partial charge is 0.279 e. The van der Waals surface area contributed by atoms with Gasteiger partial charge in [0.25, 0.3) is 11.5 Å². The van der Waals surface area contributed by atoms with Crippen LogP contribution in [-0.2, 0) is 13.6 Å². The molecule has 3 heterocycles. The summed E-state index contributed by atoms with van der Waals surface area (Å²) in [6, 6.07) is 19.7. The van der Waals surface area contributed by atoms with E-state index in [1.807, 2.05) is 48.5 Å². The van der Waals surface area contributed by atoms with E-state index in [-0.39, 0.29) is 17.9 Å². The van der Waals surface area contributed by atoms with E-state index in [1.165, 1.54) is 10.9 Å². The normalized spacial score (nSPS) is 11.8. The van der Waals surface area contributed by atoms with Crippen molar-refractivity contribution in [1.82, 2.24) is 19.3 Å². The molecule has 0 unspecified atom stereocenters. The number of anilines is 1. The number of nitrogens with one attached hydrogen (secondary N) is 1. The molecule has 0 saturated heterocycles. The number of carbonyl (C=O) groups is 1. The third-order valence-corrected chi connectivity index (χ3v) is 6.19. The first-order chi connectivity index (χ1) is 18.9. The van der Waals surface area contributed by atoms with Crippen molar-refractivity contribution < 1.29 is 19.4 Å². The minimum atomic E-state index is -0.727. The molecule has 1 amide bonds. The highest BCUT2D eigenvalue weighted by atomic mass is 16.5. The summed E-state index contributed by atoms with van der Waals surface area (Å²) >= 11 is 0. The van der Waals surface area contributed by atoms with Crippen LogP contribution in [0.25, 0.3) is 22.2 Å². The molecule has 2 aromatic carbocycles. The van der Waals surface area contributed by atoms with Gasteiger partial charge in [0.05, 0.1) is 37.2 Å². The molecule has 0 aliphatic heterocycles. The Morgan fingerprint density at radius 1 is 1.05 bits per heavy atom. The quantitative estimate of drug-likeness (QED) is 0.311. The Kier molecular flexibility index (Phi) is 7.11. The van der Waals surface area contributed by atoms with Gasteiger partial charge in [0.15, 0.2) is 0 Å². The summed E-state index contributed by atoms with van der Waals surface area (Å²) in [6.07, 6.45) is 2.41. The van der Waals surface area contributed by atoms with Gasteiger partial charge in [-0.2, -0.15) is 0 Å². The first-order valence-electron chi connectivity index (χ1n) is 12.3. The maximum atomic E-state index is 13.4. The predicted octanol–water partition coefficient (Wildman–Crippen LogP) is 4.23. The van der Waals surface area contributed by atoms with Crippen LogP contribution < -0.4 is 20.3 Å². The van der Waals surface area contributed by atoms with Crippen molar-refractivity contribution in [2.24, 2.45) is 7.05 Å². The number of rotatable bonds is 8.